The minimum absolute atomic E-state index is 0.00909. The van der Waals surface area contributed by atoms with Crippen LogP contribution in [0.5, 0.6) is 0 Å². The number of hydrogen-bond donors (Lipinski definition) is 1. The second-order valence-electron chi connectivity index (χ2n) is 3.90. The Balaban J connectivity index is 2.14. The predicted octanol–water partition coefficient (Wildman–Crippen LogP) is 2.73. The van der Waals surface area contributed by atoms with Crippen LogP contribution in [-0.4, -0.2) is 14.7 Å². The fourth-order valence-electron chi connectivity index (χ4n) is 1.57. The van der Waals surface area contributed by atoms with Crippen LogP contribution in [0.1, 0.15) is 5.56 Å². The summed E-state index contributed by atoms with van der Waals surface area (Å²) < 4.78 is 14.3. The fourth-order valence-corrected chi connectivity index (χ4v) is 1.77. The number of anilines is 1. The van der Waals surface area contributed by atoms with Crippen molar-refractivity contribution in [1.82, 2.24) is 9.78 Å². The molecule has 2 aromatic rings. The zero-order chi connectivity index (χ0) is 14.0. The lowest BCUT2D eigenvalue weighted by Gasteiger charge is -2.04. The molecule has 19 heavy (non-hydrogen) atoms. The van der Waals surface area contributed by atoms with E-state index in [0.29, 0.717) is 5.56 Å². The van der Waals surface area contributed by atoms with Crippen molar-refractivity contribution in [3.63, 3.8) is 0 Å². The van der Waals surface area contributed by atoms with Gasteiger partial charge < -0.3 is 5.32 Å². The van der Waals surface area contributed by atoms with Gasteiger partial charge in [-0.05, 0) is 17.7 Å². The van der Waals surface area contributed by atoms with Gasteiger partial charge in [0.05, 0.1) is 9.95 Å². The van der Waals surface area contributed by atoms with Crippen molar-refractivity contribution in [3.05, 3.63) is 50.9 Å². The molecule has 0 atom stereocenters. The first-order valence-electron chi connectivity index (χ1n) is 5.33. The van der Waals surface area contributed by atoms with E-state index in [4.69, 9.17) is 11.6 Å². The molecule has 100 valence electrons. The number of benzene rings is 1. The van der Waals surface area contributed by atoms with E-state index in [1.54, 1.807) is 13.1 Å². The van der Waals surface area contributed by atoms with Gasteiger partial charge in [0.1, 0.15) is 12.0 Å². The van der Waals surface area contributed by atoms with E-state index in [-0.39, 0.29) is 23.1 Å². The molecule has 0 amide bonds. The van der Waals surface area contributed by atoms with Crippen LogP contribution in [-0.2, 0) is 13.6 Å². The molecule has 0 bridgehead atoms. The Bertz CT molecular complexity index is 629. The molecule has 0 fully saturated rings. The quantitative estimate of drug-likeness (QED) is 0.692. The summed E-state index contributed by atoms with van der Waals surface area (Å²) in [6.45, 7) is 0.262. The van der Waals surface area contributed by atoms with Gasteiger partial charge in [-0.3, -0.25) is 14.8 Å². The molecule has 1 heterocycles. The average Bonchev–Trinajstić information content (AvgIpc) is 2.72. The largest absolute Gasteiger partial charge is 0.359 e. The van der Waals surface area contributed by atoms with E-state index in [0.717, 1.165) is 0 Å². The lowest BCUT2D eigenvalue weighted by atomic mass is 10.2. The summed E-state index contributed by atoms with van der Waals surface area (Å²) in [6.07, 6.45) is 1.31. The molecule has 1 N–H and O–H groups in total. The van der Waals surface area contributed by atoms with Gasteiger partial charge in [0.15, 0.2) is 0 Å². The van der Waals surface area contributed by atoms with Crippen LogP contribution in [0.2, 0.25) is 5.02 Å². The molecule has 0 saturated carbocycles. The van der Waals surface area contributed by atoms with Crippen molar-refractivity contribution >= 4 is 23.1 Å². The summed E-state index contributed by atoms with van der Waals surface area (Å²) >= 11 is 5.65. The van der Waals surface area contributed by atoms with Gasteiger partial charge in [-0.15, -0.1) is 5.10 Å². The second-order valence-corrected chi connectivity index (χ2v) is 4.30. The summed E-state index contributed by atoms with van der Waals surface area (Å²) in [5.41, 5.74) is 0.585. The highest BCUT2D eigenvalue weighted by molar-refractivity contribution is 6.30. The third-order valence-electron chi connectivity index (χ3n) is 2.45. The van der Waals surface area contributed by atoms with Gasteiger partial charge in [0.2, 0.25) is 5.82 Å². The maximum absolute atomic E-state index is 13.0. The standard InChI is InChI=1S/C11H10ClFN4O2/c1-16-6-10(17(18)19)11(15-16)14-5-7-2-3-9(13)8(12)4-7/h2-4,6H,5H2,1H3,(H,14,15). The SMILES string of the molecule is Cn1cc([N+](=O)[O-])c(NCc2ccc(F)c(Cl)c2)n1. The van der Waals surface area contributed by atoms with Crippen LogP contribution < -0.4 is 5.32 Å². The first kappa shape index (κ1) is 13.3. The van der Waals surface area contributed by atoms with E-state index in [1.807, 2.05) is 0 Å². The van der Waals surface area contributed by atoms with Crippen LogP contribution >= 0.6 is 11.6 Å². The average molecular weight is 285 g/mol. The molecule has 1 aromatic heterocycles. The van der Waals surface area contributed by atoms with Crippen molar-refractivity contribution in [2.24, 2.45) is 7.05 Å². The highest BCUT2D eigenvalue weighted by Gasteiger charge is 2.17. The van der Waals surface area contributed by atoms with Crippen LogP contribution in [0, 0.1) is 15.9 Å². The van der Waals surface area contributed by atoms with Crippen molar-refractivity contribution in [3.8, 4) is 0 Å². The van der Waals surface area contributed by atoms with Gasteiger partial charge in [-0.1, -0.05) is 17.7 Å². The third-order valence-corrected chi connectivity index (χ3v) is 2.74. The number of rotatable bonds is 4. The summed E-state index contributed by atoms with van der Waals surface area (Å²) in [5.74, 6) is -0.345. The van der Waals surface area contributed by atoms with Crippen molar-refractivity contribution < 1.29 is 9.31 Å². The summed E-state index contributed by atoms with van der Waals surface area (Å²) in [7, 11) is 1.59. The van der Waals surface area contributed by atoms with Gasteiger partial charge in [0.25, 0.3) is 0 Å². The van der Waals surface area contributed by atoms with Crippen molar-refractivity contribution in [2.75, 3.05) is 5.32 Å². The monoisotopic (exact) mass is 284 g/mol. The second kappa shape index (κ2) is 5.23. The molecule has 8 heteroatoms. The molecule has 0 aliphatic rings. The van der Waals surface area contributed by atoms with E-state index < -0.39 is 10.7 Å². The maximum atomic E-state index is 13.0. The Morgan fingerprint density at radius 2 is 2.32 bits per heavy atom. The molecule has 1 aromatic carbocycles. The molecule has 0 radical (unpaired) electrons. The lowest BCUT2D eigenvalue weighted by molar-refractivity contribution is -0.384. The Morgan fingerprint density at radius 1 is 1.58 bits per heavy atom. The summed E-state index contributed by atoms with van der Waals surface area (Å²) in [4.78, 5) is 10.3. The predicted molar refractivity (Wildman–Crippen MR) is 68.6 cm³/mol. The number of aromatic nitrogens is 2. The number of nitro groups is 1. The van der Waals surface area contributed by atoms with Crippen LogP contribution in [0.4, 0.5) is 15.9 Å². The van der Waals surface area contributed by atoms with Crippen LogP contribution in [0.25, 0.3) is 0 Å². The number of aryl methyl sites for hydroxylation is 1. The Kier molecular flexibility index (Phi) is 3.66. The normalized spacial score (nSPS) is 10.5. The summed E-state index contributed by atoms with van der Waals surface area (Å²) in [6, 6.07) is 4.24. The minimum atomic E-state index is -0.521. The van der Waals surface area contributed by atoms with Crippen LogP contribution in [0.15, 0.2) is 24.4 Å². The highest BCUT2D eigenvalue weighted by atomic mass is 35.5. The molecule has 0 aliphatic carbocycles. The zero-order valence-electron chi connectivity index (χ0n) is 9.93. The lowest BCUT2D eigenvalue weighted by Crippen LogP contribution is -2.03. The van der Waals surface area contributed by atoms with Gasteiger partial charge in [0, 0.05) is 13.6 Å². The third kappa shape index (κ3) is 3.00. The Hall–Kier alpha value is -2.15. The maximum Gasteiger partial charge on any atom is 0.330 e. The molecular formula is C11H10ClFN4O2. The van der Waals surface area contributed by atoms with E-state index >= 15 is 0 Å². The first-order chi connectivity index (χ1) is 8.97. The van der Waals surface area contributed by atoms with E-state index in [2.05, 4.69) is 10.4 Å². The zero-order valence-corrected chi connectivity index (χ0v) is 10.7. The number of nitrogens with one attached hydrogen (secondary N) is 1. The van der Waals surface area contributed by atoms with E-state index in [9.17, 15) is 14.5 Å². The molecular weight excluding hydrogens is 275 g/mol. The number of hydrogen-bond acceptors (Lipinski definition) is 4. The van der Waals surface area contributed by atoms with E-state index in [1.165, 1.54) is 23.0 Å². The highest BCUT2D eigenvalue weighted by Crippen LogP contribution is 2.23. The van der Waals surface area contributed by atoms with Gasteiger partial charge in [-0.2, -0.15) is 0 Å². The molecule has 0 unspecified atom stereocenters. The van der Waals surface area contributed by atoms with Crippen LogP contribution in [0.3, 0.4) is 0 Å². The molecule has 0 saturated heterocycles. The Labute approximate surface area is 112 Å². The van der Waals surface area contributed by atoms with Crippen molar-refractivity contribution in [1.29, 1.82) is 0 Å². The Morgan fingerprint density at radius 3 is 2.95 bits per heavy atom. The van der Waals surface area contributed by atoms with Crippen molar-refractivity contribution in [2.45, 2.75) is 6.54 Å². The smallest absolute Gasteiger partial charge is 0.330 e. The number of nitrogens with zero attached hydrogens (tertiary/aromatic N) is 3. The fraction of sp³-hybridized carbons (Fsp3) is 0.182. The minimum Gasteiger partial charge on any atom is -0.359 e. The molecule has 6 nitrogen and oxygen atoms in total. The molecule has 0 aliphatic heterocycles. The molecule has 2 rings (SSSR count). The first-order valence-corrected chi connectivity index (χ1v) is 5.71. The van der Waals surface area contributed by atoms with Gasteiger partial charge in [-0.25, -0.2) is 4.39 Å². The topological polar surface area (TPSA) is 73.0 Å². The van der Waals surface area contributed by atoms with Gasteiger partial charge >= 0.3 is 5.69 Å². The summed E-state index contributed by atoms with van der Waals surface area (Å²) in [5, 5.41) is 17.6. The number of halogens is 2. The molecule has 0 spiro atoms.